The second kappa shape index (κ2) is 14.9. The maximum absolute atomic E-state index is 13.0. The van der Waals surface area contributed by atoms with Crippen LogP contribution in [0.5, 0.6) is 0 Å². The first-order chi connectivity index (χ1) is 23.2. The van der Waals surface area contributed by atoms with Crippen molar-refractivity contribution in [3.63, 3.8) is 0 Å². The number of allylic oxidation sites excluding steroid dienone is 3. The molecule has 5 rings (SSSR count). The van der Waals surface area contributed by atoms with Crippen molar-refractivity contribution in [2.24, 2.45) is 23.2 Å². The fraction of sp³-hybridized carbons (Fsp3) is 0.705. The first-order valence-corrected chi connectivity index (χ1v) is 25.8. The average Bonchev–Trinajstić information content (AvgIpc) is 3.60. The van der Waals surface area contributed by atoms with Crippen LogP contribution in [0.3, 0.4) is 0 Å². The zero-order valence-corrected chi connectivity index (χ0v) is 35.8. The number of hydrogen-bond acceptors (Lipinski definition) is 4. The van der Waals surface area contributed by atoms with Crippen LogP contribution in [0.2, 0.25) is 36.3 Å². The summed E-state index contributed by atoms with van der Waals surface area (Å²) in [4.78, 5) is 13.0. The highest BCUT2D eigenvalue weighted by atomic mass is 28.4. The number of para-hydroxylation sites is 1. The Bertz CT molecular complexity index is 1480. The highest BCUT2D eigenvalue weighted by Gasteiger charge is 2.50. The van der Waals surface area contributed by atoms with Gasteiger partial charge in [0, 0.05) is 11.8 Å². The molecule has 3 fully saturated rings. The van der Waals surface area contributed by atoms with E-state index in [2.05, 4.69) is 93.7 Å². The van der Waals surface area contributed by atoms with Crippen molar-refractivity contribution in [1.82, 2.24) is 0 Å². The molecule has 1 heterocycles. The number of fused-ring (bicyclic) bond motifs is 2. The van der Waals surface area contributed by atoms with E-state index in [1.165, 1.54) is 37.7 Å². The summed E-state index contributed by atoms with van der Waals surface area (Å²) in [5, 5.41) is 1.39. The Morgan fingerprint density at radius 2 is 1.58 bits per heavy atom. The molecule has 6 heteroatoms. The molecule has 2 aromatic rings. The lowest BCUT2D eigenvalue weighted by Crippen LogP contribution is -2.48. The quantitative estimate of drug-likeness (QED) is 0.171. The molecule has 4 nitrogen and oxygen atoms in total. The van der Waals surface area contributed by atoms with Crippen LogP contribution in [-0.2, 0) is 8.85 Å². The van der Waals surface area contributed by atoms with Crippen LogP contribution in [-0.4, -0.2) is 34.6 Å². The molecule has 1 aromatic carbocycles. The largest absolute Gasteiger partial charge is 0.453 e. The summed E-state index contributed by atoms with van der Waals surface area (Å²) >= 11 is 0. The van der Waals surface area contributed by atoms with Gasteiger partial charge in [-0.25, -0.2) is 0 Å². The van der Waals surface area contributed by atoms with Crippen molar-refractivity contribution >= 4 is 33.4 Å². The van der Waals surface area contributed by atoms with Crippen molar-refractivity contribution in [3.8, 4) is 0 Å². The van der Waals surface area contributed by atoms with E-state index in [4.69, 9.17) is 13.3 Å². The molecule has 0 spiro atoms. The molecule has 0 bridgehead atoms. The topological polar surface area (TPSA) is 48.7 Å². The van der Waals surface area contributed by atoms with Gasteiger partial charge in [0.2, 0.25) is 0 Å². The maximum atomic E-state index is 13.0. The molecular formula is C44H70O4Si2. The van der Waals surface area contributed by atoms with Crippen molar-refractivity contribution in [2.45, 2.75) is 174 Å². The third-order valence-electron chi connectivity index (χ3n) is 14.1. The summed E-state index contributed by atoms with van der Waals surface area (Å²) in [6.45, 7) is 28.8. The highest BCUT2D eigenvalue weighted by molar-refractivity contribution is 6.74. The lowest BCUT2D eigenvalue weighted by atomic mass is 9.60. The predicted molar refractivity (Wildman–Crippen MR) is 216 cm³/mol. The normalized spacial score (nSPS) is 28.2. The number of carbonyl (C=O) groups is 1. The molecule has 0 unspecified atom stereocenters. The van der Waals surface area contributed by atoms with Gasteiger partial charge < -0.3 is 13.3 Å². The third kappa shape index (κ3) is 8.72. The summed E-state index contributed by atoms with van der Waals surface area (Å²) in [6, 6.07) is 9.80. The van der Waals surface area contributed by atoms with Gasteiger partial charge in [-0.15, -0.1) is 0 Å². The molecule has 3 aliphatic carbocycles. The molecule has 1 aromatic heterocycles. The van der Waals surface area contributed by atoms with E-state index in [0.717, 1.165) is 43.1 Å². The van der Waals surface area contributed by atoms with E-state index in [9.17, 15) is 4.79 Å². The van der Waals surface area contributed by atoms with Gasteiger partial charge in [-0.3, -0.25) is 4.79 Å². The van der Waals surface area contributed by atoms with E-state index in [0.29, 0.717) is 35.3 Å². The molecular weight excluding hydrogens is 649 g/mol. The van der Waals surface area contributed by atoms with Crippen molar-refractivity contribution in [1.29, 1.82) is 0 Å². The minimum absolute atomic E-state index is 0.136. The molecule has 0 amide bonds. The third-order valence-corrected chi connectivity index (χ3v) is 23.1. The molecule has 50 heavy (non-hydrogen) atoms. The van der Waals surface area contributed by atoms with Crippen molar-refractivity contribution < 1.29 is 18.1 Å². The summed E-state index contributed by atoms with van der Waals surface area (Å²) < 4.78 is 20.0. The summed E-state index contributed by atoms with van der Waals surface area (Å²) in [7, 11) is -3.80. The Balaban J connectivity index is 1.26. The zero-order chi connectivity index (χ0) is 36.7. The minimum atomic E-state index is -1.90. The van der Waals surface area contributed by atoms with Crippen molar-refractivity contribution in [2.75, 3.05) is 0 Å². The average molecular weight is 719 g/mol. The van der Waals surface area contributed by atoms with Gasteiger partial charge in [0.05, 0.1) is 12.2 Å². The first kappa shape index (κ1) is 39.5. The lowest BCUT2D eigenvalue weighted by molar-refractivity contribution is 0.0724. The standard InChI is InChI=1S/C44H70O4Si2/c1-31(17-15-20-39(45)41-29-34-18-13-14-21-40(34)46-41)37-24-25-38-33(19-16-26-44(37,38)8)23-22-32-27-35(47-49(9,10)42(2,3)4)30-36(28-32)48-50(11,12)43(5,6)7/h13-14,18,21-23,29,31,35-38H,15-17,19-20,24-28,30H2,1-12H3/b33-23+/t31-,35-,36-,37-,38+,44-/m1/s1. The fourth-order valence-corrected chi connectivity index (χ4v) is 11.8. The van der Waals surface area contributed by atoms with E-state index in [1.54, 1.807) is 5.57 Å². The Kier molecular flexibility index (Phi) is 11.8. The van der Waals surface area contributed by atoms with Crippen LogP contribution in [0.1, 0.15) is 137 Å². The maximum Gasteiger partial charge on any atom is 0.198 e. The van der Waals surface area contributed by atoms with Crippen molar-refractivity contribution in [3.05, 3.63) is 59.4 Å². The Morgan fingerprint density at radius 3 is 2.18 bits per heavy atom. The molecule has 3 saturated carbocycles. The minimum Gasteiger partial charge on any atom is -0.453 e. The fourth-order valence-electron chi connectivity index (χ4n) is 9.10. The SMILES string of the molecule is C[C@H](CCCC(=O)c1cc2ccccc2o1)[C@H]1CC[C@H]2/C(=C/C=C3C[C@@H](O[Si](C)(C)C(C)(C)C)C[C@H](O[Si](C)(C)C(C)(C)C)C3)CCC[C@]12C. The van der Waals surface area contributed by atoms with E-state index in [1.807, 2.05) is 30.3 Å². The Labute approximate surface area is 307 Å². The van der Waals surface area contributed by atoms with E-state index >= 15 is 0 Å². The predicted octanol–water partition coefficient (Wildman–Crippen LogP) is 13.5. The summed E-state index contributed by atoms with van der Waals surface area (Å²) in [5.41, 5.74) is 4.34. The van der Waals surface area contributed by atoms with Crippen LogP contribution in [0.4, 0.5) is 0 Å². The van der Waals surface area contributed by atoms with Gasteiger partial charge in [-0.05, 0) is 136 Å². The van der Waals surface area contributed by atoms with Crippen LogP contribution >= 0.6 is 0 Å². The highest BCUT2D eigenvalue weighted by Crippen LogP contribution is 2.60. The molecule has 3 aliphatic rings. The van der Waals surface area contributed by atoms with Crippen LogP contribution in [0.15, 0.2) is 58.0 Å². The Morgan fingerprint density at radius 1 is 0.960 bits per heavy atom. The summed E-state index contributed by atoms with van der Waals surface area (Å²) in [5.74, 6) is 2.64. The van der Waals surface area contributed by atoms with Gasteiger partial charge in [0.25, 0.3) is 0 Å². The molecule has 0 radical (unpaired) electrons. The van der Waals surface area contributed by atoms with Gasteiger partial charge in [0.1, 0.15) is 5.58 Å². The number of ketones is 1. The molecule has 0 N–H and O–H groups in total. The van der Waals surface area contributed by atoms with Crippen LogP contribution < -0.4 is 0 Å². The molecule has 0 saturated heterocycles. The zero-order valence-electron chi connectivity index (χ0n) is 33.8. The van der Waals surface area contributed by atoms with E-state index < -0.39 is 16.6 Å². The second-order valence-electron chi connectivity index (χ2n) is 19.7. The molecule has 6 atom stereocenters. The lowest BCUT2D eigenvalue weighted by Gasteiger charge is -2.45. The number of rotatable bonds is 11. The molecule has 278 valence electrons. The van der Waals surface area contributed by atoms with E-state index in [-0.39, 0.29) is 28.1 Å². The first-order valence-electron chi connectivity index (χ1n) is 20.0. The number of hydrogen-bond donors (Lipinski definition) is 0. The van der Waals surface area contributed by atoms with Gasteiger partial charge in [-0.2, -0.15) is 0 Å². The van der Waals surface area contributed by atoms with Gasteiger partial charge in [0.15, 0.2) is 28.2 Å². The number of carbonyl (C=O) groups excluding carboxylic acids is 1. The number of Topliss-reactive ketones (excluding diaryl/α,β-unsaturated/α-hetero) is 1. The van der Waals surface area contributed by atoms with Gasteiger partial charge >= 0.3 is 0 Å². The number of benzene rings is 1. The number of furan rings is 1. The second-order valence-corrected chi connectivity index (χ2v) is 29.3. The monoisotopic (exact) mass is 718 g/mol. The molecule has 0 aliphatic heterocycles. The van der Waals surface area contributed by atoms with Crippen LogP contribution in [0, 0.1) is 23.2 Å². The summed E-state index contributed by atoms with van der Waals surface area (Å²) in [6.07, 6.45) is 17.6. The smallest absolute Gasteiger partial charge is 0.198 e. The van der Waals surface area contributed by atoms with Gasteiger partial charge in [-0.1, -0.05) is 96.9 Å². The van der Waals surface area contributed by atoms with Crippen LogP contribution in [0.25, 0.3) is 11.0 Å². The Hall–Kier alpha value is -1.74.